The van der Waals surface area contributed by atoms with E-state index in [0.29, 0.717) is 5.69 Å². The Morgan fingerprint density at radius 2 is 1.43 bits per heavy atom. The van der Waals surface area contributed by atoms with Gasteiger partial charge in [-0.15, -0.1) is 0 Å². The molecule has 1 aliphatic rings. The van der Waals surface area contributed by atoms with E-state index in [0.717, 1.165) is 48.6 Å². The highest BCUT2D eigenvalue weighted by atomic mass is 19.1. The van der Waals surface area contributed by atoms with Gasteiger partial charge in [0.25, 0.3) is 0 Å². The van der Waals surface area contributed by atoms with Crippen molar-refractivity contribution in [3.05, 3.63) is 78.6 Å². The number of aromatic nitrogens is 2. The lowest BCUT2D eigenvalue weighted by molar-refractivity contribution is 0.599. The molecule has 28 heavy (non-hydrogen) atoms. The van der Waals surface area contributed by atoms with Crippen LogP contribution in [0.2, 0.25) is 0 Å². The number of halogens is 1. The van der Waals surface area contributed by atoms with Crippen LogP contribution < -0.4 is 9.80 Å². The van der Waals surface area contributed by atoms with Gasteiger partial charge in [0.1, 0.15) is 11.6 Å². The average Bonchev–Trinajstić information content (AvgIpc) is 3.17. The Bertz CT molecular complexity index is 1080. The van der Waals surface area contributed by atoms with E-state index in [1.165, 1.54) is 5.69 Å². The summed E-state index contributed by atoms with van der Waals surface area (Å²) in [7, 11) is 0. The van der Waals surface area contributed by atoms with E-state index in [-0.39, 0.29) is 5.82 Å². The fourth-order valence-corrected chi connectivity index (χ4v) is 3.84. The average molecular weight is 372 g/mol. The van der Waals surface area contributed by atoms with E-state index < -0.39 is 0 Å². The highest BCUT2D eigenvalue weighted by Crippen LogP contribution is 2.28. The summed E-state index contributed by atoms with van der Waals surface area (Å²) in [5, 5.41) is 0. The van der Waals surface area contributed by atoms with Crippen LogP contribution in [0.15, 0.2) is 72.8 Å². The molecule has 4 aromatic rings. The van der Waals surface area contributed by atoms with Gasteiger partial charge >= 0.3 is 0 Å². The number of hydrogen-bond donors (Lipinski definition) is 1. The zero-order valence-corrected chi connectivity index (χ0v) is 15.5. The molecule has 0 spiro atoms. The highest BCUT2D eigenvalue weighted by molar-refractivity contribution is 5.83. The molecule has 4 nitrogen and oxygen atoms in total. The minimum Gasteiger partial charge on any atom is -0.368 e. The number of imidazole rings is 1. The Morgan fingerprint density at radius 1 is 0.786 bits per heavy atom. The van der Waals surface area contributed by atoms with Gasteiger partial charge in [-0.3, -0.25) is 0 Å². The standard InChI is InChI=1S/C23H21FN4/c24-19-15-20-21(26-23(25-20)17-7-3-1-4-8-17)16-22(19)28-13-11-27(12-14-28)18-9-5-2-6-10-18/h1-10,15-16H,11-14H2,(H,25,26). The first-order chi connectivity index (χ1) is 13.8. The Kier molecular flexibility index (Phi) is 4.20. The third-order valence-electron chi connectivity index (χ3n) is 5.34. The van der Waals surface area contributed by atoms with Crippen LogP contribution in [0.5, 0.6) is 0 Å². The van der Waals surface area contributed by atoms with Crippen molar-refractivity contribution in [2.75, 3.05) is 36.0 Å². The normalized spacial score (nSPS) is 14.6. The zero-order chi connectivity index (χ0) is 18.9. The van der Waals surface area contributed by atoms with Crippen molar-refractivity contribution < 1.29 is 4.39 Å². The van der Waals surface area contributed by atoms with Crippen molar-refractivity contribution in [3.63, 3.8) is 0 Å². The van der Waals surface area contributed by atoms with Gasteiger partial charge in [0.15, 0.2) is 0 Å². The van der Waals surface area contributed by atoms with Crippen LogP contribution in [0.1, 0.15) is 0 Å². The summed E-state index contributed by atoms with van der Waals surface area (Å²) >= 11 is 0. The van der Waals surface area contributed by atoms with Crippen LogP contribution in [0.25, 0.3) is 22.4 Å². The molecule has 0 bridgehead atoms. The molecule has 2 heterocycles. The summed E-state index contributed by atoms with van der Waals surface area (Å²) in [5.74, 6) is 0.560. The van der Waals surface area contributed by atoms with E-state index in [2.05, 4.69) is 44.0 Å². The molecule has 0 amide bonds. The maximum Gasteiger partial charge on any atom is 0.148 e. The second-order valence-electron chi connectivity index (χ2n) is 7.08. The summed E-state index contributed by atoms with van der Waals surface area (Å²) in [6.45, 7) is 3.31. The van der Waals surface area contributed by atoms with Gasteiger partial charge in [0.05, 0.1) is 16.7 Å². The SMILES string of the molecule is Fc1cc2[nH]c(-c3ccccc3)nc2cc1N1CCN(c2ccccc2)CC1. The van der Waals surface area contributed by atoms with Gasteiger partial charge in [-0.1, -0.05) is 48.5 Å². The van der Waals surface area contributed by atoms with Gasteiger partial charge in [-0.25, -0.2) is 9.37 Å². The number of anilines is 2. The van der Waals surface area contributed by atoms with Crippen LogP contribution in [-0.2, 0) is 0 Å². The van der Waals surface area contributed by atoms with Crippen LogP contribution in [0.4, 0.5) is 15.8 Å². The topological polar surface area (TPSA) is 35.2 Å². The van der Waals surface area contributed by atoms with E-state index in [4.69, 9.17) is 0 Å². The van der Waals surface area contributed by atoms with Crippen LogP contribution in [0.3, 0.4) is 0 Å². The maximum atomic E-state index is 14.8. The molecule has 3 aromatic carbocycles. The Labute approximate surface area is 163 Å². The maximum absolute atomic E-state index is 14.8. The number of fused-ring (bicyclic) bond motifs is 1. The Hall–Kier alpha value is -3.34. The van der Waals surface area contributed by atoms with E-state index in [1.807, 2.05) is 42.5 Å². The smallest absolute Gasteiger partial charge is 0.148 e. The first-order valence-corrected chi connectivity index (χ1v) is 9.57. The Morgan fingerprint density at radius 3 is 2.14 bits per heavy atom. The number of piperazine rings is 1. The highest BCUT2D eigenvalue weighted by Gasteiger charge is 2.21. The lowest BCUT2D eigenvalue weighted by atomic mass is 10.2. The van der Waals surface area contributed by atoms with Gasteiger partial charge in [-0.05, 0) is 18.2 Å². The molecular formula is C23H21FN4. The van der Waals surface area contributed by atoms with Crippen molar-refractivity contribution >= 4 is 22.4 Å². The third kappa shape index (κ3) is 3.09. The number of para-hydroxylation sites is 1. The summed E-state index contributed by atoms with van der Waals surface area (Å²) in [4.78, 5) is 12.4. The molecule has 1 aromatic heterocycles. The van der Waals surface area contributed by atoms with Gasteiger partial charge in [0.2, 0.25) is 0 Å². The number of nitrogens with zero attached hydrogens (tertiary/aromatic N) is 3. The van der Waals surface area contributed by atoms with Gasteiger partial charge in [-0.2, -0.15) is 0 Å². The van der Waals surface area contributed by atoms with Crippen molar-refractivity contribution in [3.8, 4) is 11.4 Å². The quantitative estimate of drug-likeness (QED) is 0.566. The predicted octanol–water partition coefficient (Wildman–Crippen LogP) is 4.70. The molecule has 0 radical (unpaired) electrons. The molecule has 0 saturated carbocycles. The van der Waals surface area contributed by atoms with Crippen LogP contribution in [0, 0.1) is 5.82 Å². The van der Waals surface area contributed by atoms with E-state index in [9.17, 15) is 4.39 Å². The summed E-state index contributed by atoms with van der Waals surface area (Å²) < 4.78 is 14.8. The van der Waals surface area contributed by atoms with Crippen molar-refractivity contribution in [2.24, 2.45) is 0 Å². The summed E-state index contributed by atoms with van der Waals surface area (Å²) in [5.41, 5.74) is 4.37. The fourth-order valence-electron chi connectivity index (χ4n) is 3.84. The number of benzene rings is 3. The van der Waals surface area contributed by atoms with Gasteiger partial charge in [0, 0.05) is 43.5 Å². The molecule has 1 saturated heterocycles. The fraction of sp³-hybridized carbons (Fsp3) is 0.174. The van der Waals surface area contributed by atoms with Gasteiger partial charge < -0.3 is 14.8 Å². The predicted molar refractivity (Wildman–Crippen MR) is 112 cm³/mol. The third-order valence-corrected chi connectivity index (χ3v) is 5.34. The molecule has 140 valence electrons. The number of nitrogens with one attached hydrogen (secondary N) is 1. The lowest BCUT2D eigenvalue weighted by Gasteiger charge is -2.37. The van der Waals surface area contributed by atoms with Crippen molar-refractivity contribution in [2.45, 2.75) is 0 Å². The molecular weight excluding hydrogens is 351 g/mol. The Balaban J connectivity index is 1.40. The molecule has 1 aliphatic heterocycles. The minimum absolute atomic E-state index is 0.205. The molecule has 0 unspecified atom stereocenters. The molecule has 5 rings (SSSR count). The van der Waals surface area contributed by atoms with Crippen LogP contribution >= 0.6 is 0 Å². The van der Waals surface area contributed by atoms with Crippen molar-refractivity contribution in [1.29, 1.82) is 0 Å². The van der Waals surface area contributed by atoms with Crippen molar-refractivity contribution in [1.82, 2.24) is 9.97 Å². The number of hydrogen-bond acceptors (Lipinski definition) is 3. The molecule has 1 N–H and O–H groups in total. The van der Waals surface area contributed by atoms with E-state index in [1.54, 1.807) is 6.07 Å². The monoisotopic (exact) mass is 372 g/mol. The lowest BCUT2D eigenvalue weighted by Crippen LogP contribution is -2.46. The second kappa shape index (κ2) is 7.00. The molecule has 1 fully saturated rings. The number of H-pyrrole nitrogens is 1. The van der Waals surface area contributed by atoms with Crippen LogP contribution in [-0.4, -0.2) is 36.1 Å². The second-order valence-corrected chi connectivity index (χ2v) is 7.08. The number of aromatic amines is 1. The first kappa shape index (κ1) is 16.8. The summed E-state index contributed by atoms with van der Waals surface area (Å²) in [6.07, 6.45) is 0. The number of rotatable bonds is 3. The molecule has 0 aliphatic carbocycles. The van der Waals surface area contributed by atoms with E-state index >= 15 is 0 Å². The minimum atomic E-state index is -0.205. The molecule has 5 heteroatoms. The summed E-state index contributed by atoms with van der Waals surface area (Å²) in [6, 6.07) is 23.7. The zero-order valence-electron chi connectivity index (χ0n) is 15.5. The first-order valence-electron chi connectivity index (χ1n) is 9.57. The largest absolute Gasteiger partial charge is 0.368 e. The molecule has 0 atom stereocenters.